The molecule has 0 aliphatic heterocycles. The molecular weight excluding hydrogens is 990 g/mol. The summed E-state index contributed by atoms with van der Waals surface area (Å²) >= 11 is 9.93. The first-order valence-electron chi connectivity index (χ1n) is 15.8. The van der Waals surface area contributed by atoms with Gasteiger partial charge in [0.05, 0.1) is 12.4 Å². The fraction of sp³-hybridized carbons (Fsp3) is 0. The summed E-state index contributed by atoms with van der Waals surface area (Å²) in [4.78, 5) is 11.9. The Balaban J connectivity index is 0.000000274. The second-order valence-corrected chi connectivity index (χ2v) is 15.8. The number of benzene rings is 6. The first-order chi connectivity index (χ1) is 25.8. The number of azo groups is 1. The summed E-state index contributed by atoms with van der Waals surface area (Å²) in [6.45, 7) is 1.39. The van der Waals surface area contributed by atoms with Gasteiger partial charge < -0.3 is 15.0 Å². The molecule has 0 fully saturated rings. The molecule has 9 nitrogen and oxygen atoms in total. The summed E-state index contributed by atoms with van der Waals surface area (Å²) in [5.74, 6) is -0.270. The molecule has 3 N–H and O–H groups in total. The molecule has 6 aromatic carbocycles. The monoisotopic (exact) mass is 1020 g/mol. The zero-order chi connectivity index (χ0) is 37.4. The standard InChI is InChI=1S/C22H16Br3N6O3.C18H15P.Pd/c23-16-1-4-19(32)13(7-16)10-26-29-22(30-27-11-14-8-17(24)2-5-20(14)33)31-28-12-15-9-18(25)3-6-21(15)34;1-4-10-16(11-5-1)19(17-12-6-2-7-13-17)18-14-8-3-9-15-18;/h1-12,26,33-34H,(H,30,31);1-15H;/q-1;;+2/p-1/b27-11+,28-12+,29-26?;;. The SMILES string of the molecule is O=c1[cH-]cc(Br)cc1[CH-][NH+]=N/C(=N\N=C\c1cc(Br)ccc1[O-])N/N=C/c1cc(Br)ccc1O.[Pd+2].c1ccc(P(c2ccccc2)c2ccccc2)cc1. The number of nitrogens with one attached hydrogen (secondary N) is 2. The van der Waals surface area contributed by atoms with E-state index in [1.54, 1.807) is 36.4 Å². The van der Waals surface area contributed by atoms with Crippen LogP contribution in [-0.4, -0.2) is 23.5 Å². The van der Waals surface area contributed by atoms with E-state index in [1.165, 1.54) is 53.1 Å². The van der Waals surface area contributed by atoms with Gasteiger partial charge in [0, 0.05) is 26.2 Å². The Morgan fingerprint density at radius 3 is 1.91 bits per heavy atom. The molecule has 0 atom stereocenters. The minimum Gasteiger partial charge on any atom is -0.872 e. The molecule has 274 valence electrons. The summed E-state index contributed by atoms with van der Waals surface area (Å²) in [7, 11) is -0.446. The summed E-state index contributed by atoms with van der Waals surface area (Å²) in [6.07, 6.45) is 2.65. The first kappa shape index (κ1) is 42.3. The molecule has 6 rings (SSSR count). The average Bonchev–Trinajstić information content (AvgIpc) is 3.17. The Kier molecular flexibility index (Phi) is 17.3. The molecule has 0 aromatic heterocycles. The van der Waals surface area contributed by atoms with Gasteiger partial charge in [-0.2, -0.15) is 33.0 Å². The minimum absolute atomic E-state index is 0. The molecule has 0 spiro atoms. The third-order valence-electron chi connectivity index (χ3n) is 7.08. The van der Waals surface area contributed by atoms with Gasteiger partial charge in [0.1, 0.15) is 5.75 Å². The van der Waals surface area contributed by atoms with E-state index in [1.807, 2.05) is 0 Å². The molecule has 0 saturated heterocycles. The van der Waals surface area contributed by atoms with Gasteiger partial charge in [0.15, 0.2) is 0 Å². The van der Waals surface area contributed by atoms with Crippen LogP contribution in [0.25, 0.3) is 0 Å². The van der Waals surface area contributed by atoms with E-state index >= 15 is 0 Å². The van der Waals surface area contributed by atoms with Crippen LogP contribution in [0, 0.1) is 6.54 Å². The van der Waals surface area contributed by atoms with Gasteiger partial charge in [-0.1, -0.05) is 135 Å². The Bertz CT molecular complexity index is 2200. The second kappa shape index (κ2) is 22.0. The topological polar surface area (TPSA) is 136 Å². The van der Waals surface area contributed by atoms with Crippen LogP contribution in [-0.2, 0) is 20.4 Å². The number of hydrazone groups is 1. The smallest absolute Gasteiger partial charge is 0.872 e. The number of aromatic hydroxyl groups is 1. The number of phenols is 1. The Morgan fingerprint density at radius 1 is 0.759 bits per heavy atom. The van der Waals surface area contributed by atoms with Crippen molar-refractivity contribution in [3.05, 3.63) is 192 Å². The van der Waals surface area contributed by atoms with Gasteiger partial charge in [0.25, 0.3) is 0 Å². The van der Waals surface area contributed by atoms with E-state index in [0.717, 1.165) is 13.4 Å². The molecule has 0 unspecified atom stereocenters. The van der Waals surface area contributed by atoms with E-state index in [-0.39, 0.29) is 43.3 Å². The molecule has 0 amide bonds. The average molecular weight is 1020 g/mol. The van der Waals surface area contributed by atoms with Crippen LogP contribution in [0.3, 0.4) is 0 Å². The fourth-order valence-electron chi connectivity index (χ4n) is 4.60. The second-order valence-electron chi connectivity index (χ2n) is 10.8. The Morgan fingerprint density at radius 2 is 1.31 bits per heavy atom. The van der Waals surface area contributed by atoms with Crippen molar-refractivity contribution >= 4 is 90.0 Å². The first-order valence-corrected chi connectivity index (χ1v) is 19.6. The van der Waals surface area contributed by atoms with Gasteiger partial charge >= 0.3 is 26.4 Å². The number of nitrogens with zero attached hydrogens (tertiary/aromatic N) is 4. The predicted octanol–water partition coefficient (Wildman–Crippen LogP) is 6.33. The normalized spacial score (nSPS) is 11.4. The van der Waals surface area contributed by atoms with Crippen LogP contribution in [0.5, 0.6) is 11.5 Å². The quantitative estimate of drug-likeness (QED) is 0.0297. The van der Waals surface area contributed by atoms with Crippen molar-refractivity contribution in [3.63, 3.8) is 0 Å². The van der Waals surface area contributed by atoms with Crippen LogP contribution in [0.4, 0.5) is 0 Å². The summed E-state index contributed by atoms with van der Waals surface area (Å²) in [6, 6.07) is 46.5. The number of halogens is 3. The molecule has 0 saturated carbocycles. The number of guanidine groups is 1. The maximum Gasteiger partial charge on any atom is 2.00 e. The van der Waals surface area contributed by atoms with Gasteiger partial charge in [-0.05, 0) is 65.2 Å². The van der Waals surface area contributed by atoms with Crippen LogP contribution in [0.15, 0.2) is 184 Å². The molecule has 0 aliphatic rings. The molecule has 0 radical (unpaired) electrons. The summed E-state index contributed by atoms with van der Waals surface area (Å²) in [5, 5.41) is 44.5. The Hall–Kier alpha value is -4.47. The van der Waals surface area contributed by atoms with Gasteiger partial charge in [-0.3, -0.25) is 6.07 Å². The van der Waals surface area contributed by atoms with Crippen molar-refractivity contribution in [1.29, 1.82) is 0 Å². The van der Waals surface area contributed by atoms with Crippen molar-refractivity contribution in [3.8, 4) is 11.5 Å². The summed E-state index contributed by atoms with van der Waals surface area (Å²) in [5.41, 5.74) is 3.53. The number of hydrogen-bond donors (Lipinski definition) is 3. The maximum atomic E-state index is 11.9. The van der Waals surface area contributed by atoms with Crippen molar-refractivity contribution in [2.75, 3.05) is 0 Å². The molecule has 0 aliphatic carbocycles. The molecule has 0 bridgehead atoms. The van der Waals surface area contributed by atoms with Crippen molar-refractivity contribution in [2.45, 2.75) is 0 Å². The number of phenolic OH excluding ortho intramolecular Hbond substituents is 1. The zero-order valence-electron chi connectivity index (χ0n) is 28.0. The predicted molar refractivity (Wildman–Crippen MR) is 223 cm³/mol. The maximum absolute atomic E-state index is 11.9. The van der Waals surface area contributed by atoms with E-state index in [2.05, 4.69) is 170 Å². The van der Waals surface area contributed by atoms with Crippen LogP contribution < -0.4 is 37.0 Å². The molecule has 14 heteroatoms. The van der Waals surface area contributed by atoms with Crippen molar-refractivity contribution in [2.24, 2.45) is 20.4 Å². The van der Waals surface area contributed by atoms with Crippen LogP contribution in [0.1, 0.15) is 16.7 Å². The van der Waals surface area contributed by atoms with Crippen LogP contribution >= 0.6 is 55.7 Å². The zero-order valence-corrected chi connectivity index (χ0v) is 35.2. The fourth-order valence-corrected chi connectivity index (χ4v) is 8.04. The van der Waals surface area contributed by atoms with Gasteiger partial charge in [-0.15, -0.1) is 25.5 Å². The molecule has 6 aromatic rings. The molecule has 0 heterocycles. The van der Waals surface area contributed by atoms with E-state index in [0.29, 0.717) is 16.7 Å². The van der Waals surface area contributed by atoms with Gasteiger partial charge in [-0.25, -0.2) is 5.43 Å². The largest absolute Gasteiger partial charge is 2.00 e. The summed E-state index contributed by atoms with van der Waals surface area (Å²) < 4.78 is 2.21. The Labute approximate surface area is 352 Å². The van der Waals surface area contributed by atoms with Gasteiger partial charge in [0.2, 0.25) is 0 Å². The number of rotatable bonds is 9. The molecular formula is C40H30Br3N6O3PPd. The third kappa shape index (κ3) is 13.1. The van der Waals surface area contributed by atoms with Crippen LogP contribution in [0.2, 0.25) is 0 Å². The third-order valence-corrected chi connectivity index (χ3v) is 11.0. The minimum atomic E-state index is -0.446. The van der Waals surface area contributed by atoms with Crippen molar-refractivity contribution < 1.29 is 35.8 Å². The van der Waals surface area contributed by atoms with E-state index in [9.17, 15) is 15.0 Å². The number of hydrogen-bond acceptors (Lipinski definition) is 6. The molecule has 54 heavy (non-hydrogen) atoms. The van der Waals surface area contributed by atoms with Crippen molar-refractivity contribution in [1.82, 2.24) is 5.43 Å². The van der Waals surface area contributed by atoms with E-state index in [4.69, 9.17) is 0 Å². The van der Waals surface area contributed by atoms with E-state index < -0.39 is 7.92 Å².